The van der Waals surface area contributed by atoms with Crippen LogP contribution in [0.5, 0.6) is 0 Å². The van der Waals surface area contributed by atoms with Gasteiger partial charge in [0.15, 0.2) is 0 Å². The summed E-state index contributed by atoms with van der Waals surface area (Å²) in [6.07, 6.45) is 0. The average molecular weight is 534 g/mol. The molecule has 0 saturated carbocycles. The van der Waals surface area contributed by atoms with E-state index in [1.54, 1.807) is 0 Å². The molecule has 4 rings (SSSR count). The summed E-state index contributed by atoms with van der Waals surface area (Å²) in [5.41, 5.74) is 5.32. The minimum absolute atomic E-state index is 0.434. The number of rotatable bonds is 2. The Morgan fingerprint density at radius 3 is 2.30 bits per heavy atom. The Kier molecular flexibility index (Phi) is 5.16. The van der Waals surface area contributed by atoms with Gasteiger partial charge in [-0.25, -0.2) is 0 Å². The van der Waals surface area contributed by atoms with Crippen LogP contribution in [0.1, 0.15) is 0 Å². The second-order valence-electron chi connectivity index (χ2n) is 7.13. The van der Waals surface area contributed by atoms with Gasteiger partial charge in [0, 0.05) is 0 Å². The van der Waals surface area contributed by atoms with Gasteiger partial charge in [0.25, 0.3) is 0 Å². The second-order valence-corrected chi connectivity index (χ2v) is 11.1. The molecule has 0 N–H and O–H groups in total. The van der Waals surface area contributed by atoms with Crippen molar-refractivity contribution in [3.05, 3.63) is 70.5 Å². The Balaban J connectivity index is 2.13. The normalized spacial score (nSPS) is 11.1. The number of hydrogen-bond acceptors (Lipinski definition) is 1. The first-order chi connectivity index (χ1) is 12.9. The molecule has 1 heterocycles. The third-order valence-corrected chi connectivity index (χ3v) is 8.57. The first-order valence-electron chi connectivity index (χ1n) is 8.88. The first kappa shape index (κ1) is 18.7. The van der Waals surface area contributed by atoms with E-state index in [-0.39, 0.29) is 0 Å². The standard InChI is InChI=1S/C23H22BrN2Te/c1-25(2)17-9-11-19-21(13-17)27-22-14-18(26(3)4)10-12-20(22)23(19)15-5-7-16(24)8-6-15/h5-14H,1-4H3/q+1. The van der Waals surface area contributed by atoms with E-state index >= 15 is 0 Å². The van der Waals surface area contributed by atoms with E-state index in [4.69, 9.17) is 0 Å². The van der Waals surface area contributed by atoms with Gasteiger partial charge in [0.05, 0.1) is 0 Å². The molecule has 2 aromatic carbocycles. The van der Waals surface area contributed by atoms with Gasteiger partial charge in [-0.1, -0.05) is 0 Å². The molecule has 0 unspecified atom stereocenters. The quantitative estimate of drug-likeness (QED) is 0.208. The van der Waals surface area contributed by atoms with Crippen molar-refractivity contribution in [1.29, 1.82) is 0 Å². The van der Waals surface area contributed by atoms with Crippen molar-refractivity contribution in [2.45, 2.75) is 0 Å². The van der Waals surface area contributed by atoms with Crippen LogP contribution in [0.2, 0.25) is 0 Å². The Labute approximate surface area is 178 Å². The molecule has 0 amide bonds. The van der Waals surface area contributed by atoms with Crippen molar-refractivity contribution in [3.63, 3.8) is 0 Å². The Hall–Kier alpha value is -1.60. The molecule has 27 heavy (non-hydrogen) atoms. The molecular formula is C23H22BrN2Te+. The van der Waals surface area contributed by atoms with E-state index < -0.39 is 20.4 Å². The average Bonchev–Trinajstić information content (AvgIpc) is 2.66. The summed E-state index contributed by atoms with van der Waals surface area (Å²) < 4.78 is 6.35. The zero-order valence-corrected chi connectivity index (χ0v) is 19.9. The summed E-state index contributed by atoms with van der Waals surface area (Å²) >= 11 is 3.14. The molecule has 0 atom stereocenters. The van der Waals surface area contributed by atoms with Crippen LogP contribution in [-0.2, 0) is 0 Å². The SMILES string of the molecule is CN(C)c1ccc2c(-c3ccc(Br)cc3)c3ccc(=[N+](C)C)cc-3[te]c2c1. The summed E-state index contributed by atoms with van der Waals surface area (Å²) in [7, 11) is 8.45. The molecule has 0 radical (unpaired) electrons. The van der Waals surface area contributed by atoms with E-state index in [1.165, 1.54) is 40.1 Å². The molecule has 136 valence electrons. The zero-order chi connectivity index (χ0) is 19.1. The summed E-state index contributed by atoms with van der Waals surface area (Å²) in [5.74, 6) is 0. The predicted octanol–water partition coefficient (Wildman–Crippen LogP) is 4.53. The van der Waals surface area contributed by atoms with Gasteiger partial charge in [-0.15, -0.1) is 0 Å². The second kappa shape index (κ2) is 7.43. The number of fused-ring (bicyclic) bond motifs is 2. The number of hydrogen-bond donors (Lipinski definition) is 0. The summed E-state index contributed by atoms with van der Waals surface area (Å²) in [5, 5.41) is 2.68. The van der Waals surface area contributed by atoms with Gasteiger partial charge in [0.1, 0.15) is 0 Å². The van der Waals surface area contributed by atoms with E-state index in [9.17, 15) is 0 Å². The van der Waals surface area contributed by atoms with Gasteiger partial charge in [-0.05, 0) is 0 Å². The van der Waals surface area contributed by atoms with Crippen LogP contribution in [0.4, 0.5) is 5.69 Å². The molecule has 2 aliphatic rings. The van der Waals surface area contributed by atoms with E-state index in [0.29, 0.717) is 0 Å². The van der Waals surface area contributed by atoms with Crippen LogP contribution in [-0.4, -0.2) is 48.6 Å². The molecule has 4 heteroatoms. The van der Waals surface area contributed by atoms with E-state index in [0.717, 1.165) is 4.47 Å². The summed E-state index contributed by atoms with van der Waals surface area (Å²) in [4.78, 5) is 2.19. The number of nitrogens with zero attached hydrogens (tertiary/aromatic N) is 2. The first-order valence-corrected chi connectivity index (χ1v) is 12.0. The van der Waals surface area contributed by atoms with Gasteiger partial charge >= 0.3 is 179 Å². The summed E-state index contributed by atoms with van der Waals surface area (Å²) in [6, 6.07) is 22.6. The van der Waals surface area contributed by atoms with Crippen LogP contribution in [0, 0.1) is 0 Å². The fourth-order valence-electron chi connectivity index (χ4n) is 3.35. The molecule has 0 bridgehead atoms. The minimum atomic E-state index is -0.434. The van der Waals surface area contributed by atoms with Crippen molar-refractivity contribution >= 4 is 50.8 Å². The molecular weight excluding hydrogens is 512 g/mol. The fraction of sp³-hybridized carbons (Fsp3) is 0.174. The van der Waals surface area contributed by atoms with E-state index in [2.05, 4.69) is 114 Å². The van der Waals surface area contributed by atoms with E-state index in [1.807, 2.05) is 0 Å². The molecule has 1 aliphatic carbocycles. The van der Waals surface area contributed by atoms with Crippen molar-refractivity contribution < 1.29 is 0 Å². The number of halogens is 1. The van der Waals surface area contributed by atoms with Crippen LogP contribution >= 0.6 is 15.9 Å². The third-order valence-electron chi connectivity index (χ3n) is 4.85. The zero-order valence-electron chi connectivity index (χ0n) is 16.0. The maximum atomic E-state index is 3.57. The Morgan fingerprint density at radius 1 is 0.889 bits per heavy atom. The van der Waals surface area contributed by atoms with Crippen LogP contribution in [0.3, 0.4) is 0 Å². The molecule has 0 spiro atoms. The van der Waals surface area contributed by atoms with Crippen LogP contribution in [0.25, 0.3) is 29.1 Å². The predicted molar refractivity (Wildman–Crippen MR) is 122 cm³/mol. The molecule has 2 nitrogen and oxygen atoms in total. The molecule has 1 aliphatic heterocycles. The number of anilines is 1. The van der Waals surface area contributed by atoms with Crippen molar-refractivity contribution in [2.75, 3.05) is 33.1 Å². The Morgan fingerprint density at radius 2 is 1.63 bits per heavy atom. The summed E-state index contributed by atoms with van der Waals surface area (Å²) in [6.45, 7) is 0. The van der Waals surface area contributed by atoms with Crippen LogP contribution in [0.15, 0.2) is 65.1 Å². The number of benzene rings is 3. The third kappa shape index (κ3) is 3.59. The topological polar surface area (TPSA) is 6.25 Å². The molecule has 0 fully saturated rings. The molecule has 2 aromatic rings. The van der Waals surface area contributed by atoms with Crippen LogP contribution < -0.4 is 14.8 Å². The Bertz CT molecular complexity index is 1170. The van der Waals surface area contributed by atoms with Gasteiger partial charge in [-0.3, -0.25) is 0 Å². The van der Waals surface area contributed by atoms with Gasteiger partial charge in [0.2, 0.25) is 0 Å². The maximum absolute atomic E-state index is 3.57. The fourth-order valence-corrected chi connectivity index (χ4v) is 6.92. The van der Waals surface area contributed by atoms with Crippen molar-refractivity contribution in [1.82, 2.24) is 4.58 Å². The molecule has 0 aromatic heterocycles. The van der Waals surface area contributed by atoms with Crippen molar-refractivity contribution in [3.8, 4) is 20.3 Å². The van der Waals surface area contributed by atoms with Gasteiger partial charge < -0.3 is 0 Å². The van der Waals surface area contributed by atoms with Crippen molar-refractivity contribution in [2.24, 2.45) is 0 Å². The molecule has 0 saturated heterocycles. The van der Waals surface area contributed by atoms with Gasteiger partial charge in [-0.2, -0.15) is 0 Å². The monoisotopic (exact) mass is 535 g/mol.